The highest BCUT2D eigenvalue weighted by Crippen LogP contribution is 2.09. The molecule has 0 spiro atoms. The predicted molar refractivity (Wildman–Crippen MR) is 104 cm³/mol. The van der Waals surface area contributed by atoms with Crippen molar-refractivity contribution in [3.8, 4) is 0 Å². The highest BCUT2D eigenvalue weighted by molar-refractivity contribution is 5.98. The number of amides is 4. The van der Waals surface area contributed by atoms with Crippen LogP contribution in [-0.4, -0.2) is 43.0 Å². The van der Waals surface area contributed by atoms with Crippen LogP contribution in [0.15, 0.2) is 24.3 Å². The first-order valence-electron chi connectivity index (χ1n) is 9.41. The molecule has 0 radical (unpaired) electrons. The summed E-state index contributed by atoms with van der Waals surface area (Å²) in [5.74, 6) is -3.13. The summed E-state index contributed by atoms with van der Waals surface area (Å²) < 4.78 is 18.6. The number of hydrogen-bond acceptors (Lipinski definition) is 5. The number of carbonyl (C=O) groups is 4. The van der Waals surface area contributed by atoms with E-state index in [4.69, 9.17) is 4.74 Å². The Morgan fingerprint density at radius 2 is 1.72 bits per heavy atom. The van der Waals surface area contributed by atoms with Crippen LogP contribution in [0.3, 0.4) is 0 Å². The van der Waals surface area contributed by atoms with E-state index < -0.39 is 42.3 Å². The van der Waals surface area contributed by atoms with Gasteiger partial charge in [-0.1, -0.05) is 39.8 Å². The molecule has 1 aromatic rings. The van der Waals surface area contributed by atoms with Crippen molar-refractivity contribution in [3.63, 3.8) is 0 Å². The van der Waals surface area contributed by atoms with E-state index in [0.29, 0.717) is 12.5 Å². The standard InChI is InChI=1S/C20H28FN3O5/c1-12(2)9-10-22-20(28)23-16(25)11-29-19(27)17(13(3)4)24-18(26)14-7-5-6-8-15(14)21/h5-8,12-13,17H,9-11H2,1-4H3,(H,24,26)(H2,22,23,25,28)/t17-/m0/s1. The Morgan fingerprint density at radius 1 is 1.07 bits per heavy atom. The first kappa shape index (κ1) is 24.1. The number of urea groups is 1. The van der Waals surface area contributed by atoms with Crippen LogP contribution in [0, 0.1) is 17.7 Å². The summed E-state index contributed by atoms with van der Waals surface area (Å²) in [6, 6.07) is 3.59. The number of benzene rings is 1. The summed E-state index contributed by atoms with van der Waals surface area (Å²) in [4.78, 5) is 47.8. The molecule has 3 N–H and O–H groups in total. The number of imide groups is 1. The largest absolute Gasteiger partial charge is 0.454 e. The van der Waals surface area contributed by atoms with Gasteiger partial charge in [-0.3, -0.25) is 14.9 Å². The second-order valence-electron chi connectivity index (χ2n) is 7.27. The lowest BCUT2D eigenvalue weighted by Gasteiger charge is -2.21. The molecule has 0 aliphatic carbocycles. The molecule has 29 heavy (non-hydrogen) atoms. The van der Waals surface area contributed by atoms with Gasteiger partial charge in [-0.2, -0.15) is 0 Å². The molecule has 160 valence electrons. The van der Waals surface area contributed by atoms with Gasteiger partial charge in [0.15, 0.2) is 6.61 Å². The highest BCUT2D eigenvalue weighted by Gasteiger charge is 2.27. The lowest BCUT2D eigenvalue weighted by molar-refractivity contribution is -0.151. The molecular formula is C20H28FN3O5. The summed E-state index contributed by atoms with van der Waals surface area (Å²) in [6.45, 7) is 7.05. The van der Waals surface area contributed by atoms with E-state index in [1.807, 2.05) is 19.2 Å². The van der Waals surface area contributed by atoms with Gasteiger partial charge >= 0.3 is 12.0 Å². The van der Waals surface area contributed by atoms with Crippen molar-refractivity contribution >= 4 is 23.8 Å². The Balaban J connectivity index is 2.54. The molecule has 0 unspecified atom stereocenters. The van der Waals surface area contributed by atoms with E-state index in [1.165, 1.54) is 18.2 Å². The molecule has 4 amide bonds. The molecule has 0 aliphatic rings. The number of carbonyl (C=O) groups excluding carboxylic acids is 4. The fraction of sp³-hybridized carbons (Fsp3) is 0.500. The van der Waals surface area contributed by atoms with Crippen LogP contribution < -0.4 is 16.0 Å². The molecule has 0 bridgehead atoms. The molecule has 0 saturated carbocycles. The van der Waals surface area contributed by atoms with Gasteiger partial charge < -0.3 is 15.4 Å². The Morgan fingerprint density at radius 3 is 2.31 bits per heavy atom. The zero-order chi connectivity index (χ0) is 22.0. The van der Waals surface area contributed by atoms with Crippen LogP contribution in [0.1, 0.15) is 44.5 Å². The van der Waals surface area contributed by atoms with E-state index in [0.717, 1.165) is 12.5 Å². The Bertz CT molecular complexity index is 737. The number of rotatable bonds is 9. The zero-order valence-electron chi connectivity index (χ0n) is 17.1. The average Bonchev–Trinajstić information content (AvgIpc) is 2.63. The molecule has 9 heteroatoms. The number of esters is 1. The fourth-order valence-corrected chi connectivity index (χ4v) is 2.27. The van der Waals surface area contributed by atoms with Crippen LogP contribution in [0.4, 0.5) is 9.18 Å². The van der Waals surface area contributed by atoms with Crippen molar-refractivity contribution in [2.75, 3.05) is 13.2 Å². The van der Waals surface area contributed by atoms with Gasteiger partial charge in [0.2, 0.25) is 0 Å². The first-order valence-corrected chi connectivity index (χ1v) is 9.41. The molecule has 0 heterocycles. The highest BCUT2D eigenvalue weighted by atomic mass is 19.1. The number of nitrogens with one attached hydrogen (secondary N) is 3. The molecule has 1 rings (SSSR count). The van der Waals surface area contributed by atoms with Crippen molar-refractivity contribution in [2.24, 2.45) is 11.8 Å². The fourth-order valence-electron chi connectivity index (χ4n) is 2.27. The Kier molecular flexibility index (Phi) is 9.78. The van der Waals surface area contributed by atoms with E-state index in [-0.39, 0.29) is 11.5 Å². The second kappa shape index (κ2) is 11.8. The minimum Gasteiger partial charge on any atom is -0.454 e. The Hall–Kier alpha value is -2.97. The summed E-state index contributed by atoms with van der Waals surface area (Å²) in [5.41, 5.74) is -0.207. The number of hydrogen-bond donors (Lipinski definition) is 3. The third kappa shape index (κ3) is 8.71. The summed E-state index contributed by atoms with van der Waals surface area (Å²) in [5, 5.41) is 6.98. The smallest absolute Gasteiger partial charge is 0.329 e. The average molecular weight is 409 g/mol. The summed E-state index contributed by atoms with van der Waals surface area (Å²) in [7, 11) is 0. The van der Waals surface area contributed by atoms with Crippen LogP contribution >= 0.6 is 0 Å². The van der Waals surface area contributed by atoms with Gasteiger partial charge in [-0.25, -0.2) is 14.0 Å². The molecule has 1 aromatic carbocycles. The molecule has 0 aromatic heterocycles. The van der Waals surface area contributed by atoms with Crippen LogP contribution in [-0.2, 0) is 14.3 Å². The predicted octanol–water partition coefficient (Wildman–Crippen LogP) is 2.00. The van der Waals surface area contributed by atoms with Crippen LogP contribution in [0.2, 0.25) is 0 Å². The SMILES string of the molecule is CC(C)CCNC(=O)NC(=O)COC(=O)[C@@H](NC(=O)c1ccccc1F)C(C)C. The summed E-state index contributed by atoms with van der Waals surface area (Å²) in [6.07, 6.45) is 0.758. The second-order valence-corrected chi connectivity index (χ2v) is 7.27. The molecule has 0 aliphatic heterocycles. The lowest BCUT2D eigenvalue weighted by Crippen LogP contribution is -2.47. The maximum Gasteiger partial charge on any atom is 0.329 e. The normalized spacial score (nSPS) is 11.7. The lowest BCUT2D eigenvalue weighted by atomic mass is 10.0. The van der Waals surface area contributed by atoms with Crippen molar-refractivity contribution in [1.29, 1.82) is 0 Å². The maximum atomic E-state index is 13.7. The minimum absolute atomic E-state index is 0.207. The van der Waals surface area contributed by atoms with Gasteiger partial charge in [0.1, 0.15) is 11.9 Å². The van der Waals surface area contributed by atoms with E-state index >= 15 is 0 Å². The monoisotopic (exact) mass is 409 g/mol. The van der Waals surface area contributed by atoms with E-state index in [1.54, 1.807) is 13.8 Å². The van der Waals surface area contributed by atoms with E-state index in [2.05, 4.69) is 10.6 Å². The van der Waals surface area contributed by atoms with Crippen molar-refractivity contribution in [2.45, 2.75) is 40.2 Å². The minimum atomic E-state index is -1.09. The van der Waals surface area contributed by atoms with Gasteiger partial charge in [-0.15, -0.1) is 0 Å². The van der Waals surface area contributed by atoms with Crippen molar-refractivity contribution in [3.05, 3.63) is 35.6 Å². The van der Waals surface area contributed by atoms with Crippen LogP contribution in [0.5, 0.6) is 0 Å². The topological polar surface area (TPSA) is 114 Å². The molecule has 0 fully saturated rings. The Labute approximate surface area is 169 Å². The number of halogens is 1. The van der Waals surface area contributed by atoms with Gasteiger partial charge in [0, 0.05) is 6.54 Å². The third-order valence-corrected chi connectivity index (χ3v) is 3.93. The molecule has 8 nitrogen and oxygen atoms in total. The van der Waals surface area contributed by atoms with Crippen LogP contribution in [0.25, 0.3) is 0 Å². The van der Waals surface area contributed by atoms with Gasteiger partial charge in [0.05, 0.1) is 5.56 Å². The molecular weight excluding hydrogens is 381 g/mol. The first-order chi connectivity index (χ1) is 13.6. The maximum absolute atomic E-state index is 13.7. The molecule has 1 atom stereocenters. The zero-order valence-corrected chi connectivity index (χ0v) is 17.1. The third-order valence-electron chi connectivity index (χ3n) is 3.93. The van der Waals surface area contributed by atoms with Gasteiger partial charge in [0.25, 0.3) is 11.8 Å². The number of ether oxygens (including phenoxy) is 1. The van der Waals surface area contributed by atoms with Gasteiger partial charge in [-0.05, 0) is 30.4 Å². The van der Waals surface area contributed by atoms with E-state index in [9.17, 15) is 23.6 Å². The van der Waals surface area contributed by atoms with Crippen molar-refractivity contribution < 1.29 is 28.3 Å². The quantitative estimate of drug-likeness (QED) is 0.540. The molecule has 0 saturated heterocycles. The summed E-state index contributed by atoms with van der Waals surface area (Å²) >= 11 is 0. The van der Waals surface area contributed by atoms with Crippen molar-refractivity contribution in [1.82, 2.24) is 16.0 Å².